The quantitative estimate of drug-likeness (QED) is 0.355. The van der Waals surface area contributed by atoms with Crippen molar-refractivity contribution in [1.29, 1.82) is 0 Å². The molecular weight excluding hydrogens is 560 g/mol. The van der Waals surface area contributed by atoms with Gasteiger partial charge in [-0.2, -0.15) is 13.2 Å². The Hall–Kier alpha value is -3.97. The van der Waals surface area contributed by atoms with Crippen molar-refractivity contribution in [2.75, 3.05) is 13.1 Å². The number of likely N-dealkylation sites (tertiary alicyclic amines) is 1. The van der Waals surface area contributed by atoms with Gasteiger partial charge in [0.25, 0.3) is 11.8 Å². The molecule has 1 N–H and O–H groups in total. The molecule has 4 rings (SSSR count). The summed E-state index contributed by atoms with van der Waals surface area (Å²) in [6.07, 6.45) is -4.97. The van der Waals surface area contributed by atoms with E-state index in [1.807, 2.05) is 0 Å². The van der Waals surface area contributed by atoms with Crippen molar-refractivity contribution in [2.45, 2.75) is 64.5 Å². The minimum Gasteiger partial charge on any atom is -0.489 e. The summed E-state index contributed by atoms with van der Waals surface area (Å²) in [5, 5.41) is 2.13. The molecule has 1 aliphatic rings. The number of halogens is 6. The number of fused-ring (bicyclic) bond motifs is 1. The van der Waals surface area contributed by atoms with Crippen molar-refractivity contribution in [3.63, 3.8) is 0 Å². The standard InChI is InChI=1S/C27H27F6N3O5/c1-14-20(23(37)35-19-7-9-36(13-26(19,29)30)24(38)41-25(2,3)4)17-10-16(11-18(28)21(17)40-14)39-12-15-6-5-8-34-22(15)27(31,32)33/h5-6,8,10-11,19H,7,9,12-13H2,1-4H3,(H,35,37). The zero-order chi connectivity index (χ0) is 30.3. The van der Waals surface area contributed by atoms with Gasteiger partial charge in [0, 0.05) is 29.8 Å². The molecule has 41 heavy (non-hydrogen) atoms. The lowest BCUT2D eigenvalue weighted by molar-refractivity contribution is -0.142. The minimum absolute atomic E-state index is 0.0744. The number of carbonyl (C=O) groups excluding carboxylic acids is 2. The smallest absolute Gasteiger partial charge is 0.433 e. The molecule has 0 spiro atoms. The Morgan fingerprint density at radius 2 is 1.93 bits per heavy atom. The Balaban J connectivity index is 1.53. The molecule has 1 unspecified atom stereocenters. The Kier molecular flexibility index (Phi) is 7.89. The molecule has 2 amide bonds. The van der Waals surface area contributed by atoms with Gasteiger partial charge in [0.05, 0.1) is 18.2 Å². The Labute approximate surface area is 230 Å². The predicted molar refractivity (Wildman–Crippen MR) is 133 cm³/mol. The summed E-state index contributed by atoms with van der Waals surface area (Å²) in [4.78, 5) is 29.6. The predicted octanol–water partition coefficient (Wildman–Crippen LogP) is 6.25. The Morgan fingerprint density at radius 1 is 1.22 bits per heavy atom. The van der Waals surface area contributed by atoms with Crippen molar-refractivity contribution < 1.29 is 49.8 Å². The molecular formula is C27H27F6N3O5. The van der Waals surface area contributed by atoms with Crippen LogP contribution in [0.4, 0.5) is 31.1 Å². The molecule has 0 aliphatic carbocycles. The summed E-state index contributed by atoms with van der Waals surface area (Å²) in [5.41, 5.74) is -2.95. The highest BCUT2D eigenvalue weighted by Gasteiger charge is 2.47. The highest BCUT2D eigenvalue weighted by Crippen LogP contribution is 2.35. The van der Waals surface area contributed by atoms with E-state index in [9.17, 15) is 35.9 Å². The molecule has 1 aromatic carbocycles. The third-order valence-corrected chi connectivity index (χ3v) is 6.23. The number of carbonyl (C=O) groups is 2. The summed E-state index contributed by atoms with van der Waals surface area (Å²) in [6, 6.07) is 2.83. The van der Waals surface area contributed by atoms with Crippen LogP contribution >= 0.6 is 0 Å². The van der Waals surface area contributed by atoms with Crippen LogP contribution in [0.15, 0.2) is 34.9 Å². The van der Waals surface area contributed by atoms with E-state index in [0.717, 1.165) is 23.2 Å². The first kappa shape index (κ1) is 30.0. The average molecular weight is 588 g/mol. The lowest BCUT2D eigenvalue weighted by Crippen LogP contribution is -2.59. The number of aryl methyl sites for hydroxylation is 1. The molecule has 8 nitrogen and oxygen atoms in total. The number of furan rings is 1. The monoisotopic (exact) mass is 587 g/mol. The highest BCUT2D eigenvalue weighted by atomic mass is 19.4. The zero-order valence-corrected chi connectivity index (χ0v) is 22.5. The number of piperidine rings is 1. The first-order valence-electron chi connectivity index (χ1n) is 12.5. The molecule has 2 aromatic heterocycles. The van der Waals surface area contributed by atoms with Gasteiger partial charge in [-0.25, -0.2) is 18.0 Å². The van der Waals surface area contributed by atoms with Crippen LogP contribution in [0.1, 0.15) is 54.6 Å². The number of nitrogens with zero attached hydrogens (tertiary/aromatic N) is 2. The van der Waals surface area contributed by atoms with E-state index in [-0.39, 0.29) is 46.6 Å². The molecule has 1 saturated heterocycles. The number of rotatable bonds is 5. The van der Waals surface area contributed by atoms with E-state index in [0.29, 0.717) is 0 Å². The molecule has 3 heterocycles. The maximum atomic E-state index is 15.0. The van der Waals surface area contributed by atoms with E-state index in [1.54, 1.807) is 20.8 Å². The van der Waals surface area contributed by atoms with Crippen LogP contribution in [0.25, 0.3) is 11.0 Å². The van der Waals surface area contributed by atoms with Crippen molar-refractivity contribution in [3.05, 3.63) is 58.9 Å². The summed E-state index contributed by atoms with van der Waals surface area (Å²) < 4.78 is 100. The van der Waals surface area contributed by atoms with Crippen molar-refractivity contribution in [1.82, 2.24) is 15.2 Å². The van der Waals surface area contributed by atoms with E-state index in [2.05, 4.69) is 10.3 Å². The lowest BCUT2D eigenvalue weighted by Gasteiger charge is -2.38. The van der Waals surface area contributed by atoms with Gasteiger partial charge in [0.1, 0.15) is 23.7 Å². The molecule has 1 atom stereocenters. The zero-order valence-electron chi connectivity index (χ0n) is 22.5. The molecule has 1 fully saturated rings. The molecule has 0 radical (unpaired) electrons. The number of hydrogen-bond donors (Lipinski definition) is 1. The number of benzene rings is 1. The maximum Gasteiger partial charge on any atom is 0.433 e. The molecule has 0 saturated carbocycles. The summed E-state index contributed by atoms with van der Waals surface area (Å²) in [6.45, 7) is 4.43. The number of nitrogens with one attached hydrogen (secondary N) is 1. The largest absolute Gasteiger partial charge is 0.489 e. The fourth-order valence-electron chi connectivity index (χ4n) is 4.42. The van der Waals surface area contributed by atoms with Crippen LogP contribution in [-0.2, 0) is 17.5 Å². The third kappa shape index (κ3) is 6.68. The molecule has 222 valence electrons. The van der Waals surface area contributed by atoms with E-state index in [4.69, 9.17) is 13.9 Å². The van der Waals surface area contributed by atoms with Crippen LogP contribution in [-0.4, -0.2) is 52.5 Å². The van der Waals surface area contributed by atoms with Crippen LogP contribution in [0.2, 0.25) is 0 Å². The second-order valence-corrected chi connectivity index (χ2v) is 10.6. The summed E-state index contributed by atoms with van der Waals surface area (Å²) in [7, 11) is 0. The van der Waals surface area contributed by atoms with Gasteiger partial charge in [-0.1, -0.05) is 6.07 Å². The highest BCUT2D eigenvalue weighted by molar-refractivity contribution is 6.07. The van der Waals surface area contributed by atoms with Crippen LogP contribution in [0, 0.1) is 12.7 Å². The van der Waals surface area contributed by atoms with Gasteiger partial charge >= 0.3 is 12.3 Å². The van der Waals surface area contributed by atoms with E-state index >= 15 is 0 Å². The number of amides is 2. The fourth-order valence-corrected chi connectivity index (χ4v) is 4.42. The molecule has 0 bridgehead atoms. The number of alkyl halides is 5. The van der Waals surface area contributed by atoms with Gasteiger partial charge in [0.2, 0.25) is 0 Å². The SMILES string of the molecule is Cc1oc2c(F)cc(OCc3cccnc3C(F)(F)F)cc2c1C(=O)NC1CCN(C(=O)OC(C)(C)C)CC1(F)F. The summed E-state index contributed by atoms with van der Waals surface area (Å²) in [5.74, 6) is -5.78. The molecule has 3 aromatic rings. The number of pyridine rings is 1. The van der Waals surface area contributed by atoms with Crippen molar-refractivity contribution in [2.24, 2.45) is 0 Å². The molecule has 1 aliphatic heterocycles. The normalized spacial score (nSPS) is 17.4. The van der Waals surface area contributed by atoms with Crippen molar-refractivity contribution in [3.8, 4) is 5.75 Å². The topological polar surface area (TPSA) is 93.9 Å². The fraction of sp³-hybridized carbons (Fsp3) is 0.444. The van der Waals surface area contributed by atoms with Crippen molar-refractivity contribution >= 4 is 23.0 Å². The van der Waals surface area contributed by atoms with Crippen LogP contribution in [0.3, 0.4) is 0 Å². The van der Waals surface area contributed by atoms with E-state index < -0.39 is 60.4 Å². The second kappa shape index (κ2) is 10.8. The Morgan fingerprint density at radius 3 is 2.56 bits per heavy atom. The van der Waals surface area contributed by atoms with Crippen LogP contribution in [0.5, 0.6) is 5.75 Å². The maximum absolute atomic E-state index is 15.0. The van der Waals surface area contributed by atoms with Crippen LogP contribution < -0.4 is 10.1 Å². The van der Waals surface area contributed by atoms with Gasteiger partial charge in [0.15, 0.2) is 17.1 Å². The van der Waals surface area contributed by atoms with Gasteiger partial charge < -0.3 is 24.1 Å². The van der Waals surface area contributed by atoms with Gasteiger partial charge in [-0.15, -0.1) is 0 Å². The average Bonchev–Trinajstić information content (AvgIpc) is 3.18. The third-order valence-electron chi connectivity index (χ3n) is 6.23. The molecule has 14 heteroatoms. The first-order valence-corrected chi connectivity index (χ1v) is 12.5. The summed E-state index contributed by atoms with van der Waals surface area (Å²) >= 11 is 0. The first-order chi connectivity index (χ1) is 19.0. The van der Waals surface area contributed by atoms with Gasteiger partial charge in [-0.3, -0.25) is 9.78 Å². The number of aromatic nitrogens is 1. The van der Waals surface area contributed by atoms with Gasteiger partial charge in [-0.05, 0) is 46.2 Å². The number of hydrogen-bond acceptors (Lipinski definition) is 6. The number of ether oxygens (including phenoxy) is 2. The minimum atomic E-state index is -4.74. The second-order valence-electron chi connectivity index (χ2n) is 10.6. The Bertz CT molecular complexity index is 1460. The van der Waals surface area contributed by atoms with E-state index in [1.165, 1.54) is 19.1 Å². The lowest BCUT2D eigenvalue weighted by atomic mass is 10.00.